The molecule has 0 saturated carbocycles. The molecular weight excluding hydrogens is 443 g/mol. The third kappa shape index (κ3) is 5.29. The summed E-state index contributed by atoms with van der Waals surface area (Å²) < 4.78 is 65.0. The maximum atomic E-state index is 12.8. The molecule has 0 radical (unpaired) electrons. The molecule has 0 N–H and O–H groups in total. The second kappa shape index (κ2) is 9.30. The average molecular weight is 465 g/mol. The monoisotopic (exact) mass is 465 g/mol. The minimum absolute atomic E-state index is 0.0900. The number of halogens is 3. The summed E-state index contributed by atoms with van der Waals surface area (Å²) in [6.07, 6.45) is -4.29. The van der Waals surface area contributed by atoms with Crippen molar-refractivity contribution in [3.05, 3.63) is 65.2 Å². The minimum atomic E-state index is -4.41. The van der Waals surface area contributed by atoms with Gasteiger partial charge in [-0.3, -0.25) is 4.79 Å². The molecule has 2 aromatic carbocycles. The summed E-state index contributed by atoms with van der Waals surface area (Å²) in [6, 6.07) is 12.4. The Hall–Kier alpha value is -2.90. The fourth-order valence-electron chi connectivity index (χ4n) is 3.54. The maximum absolute atomic E-state index is 12.8. The van der Waals surface area contributed by atoms with Crippen LogP contribution >= 0.6 is 0 Å². The van der Waals surface area contributed by atoms with E-state index in [0.29, 0.717) is 11.1 Å². The average Bonchev–Trinajstić information content (AvgIpc) is 2.78. The van der Waals surface area contributed by atoms with Gasteiger partial charge in [-0.05, 0) is 47.9 Å². The Morgan fingerprint density at radius 2 is 1.59 bits per heavy atom. The summed E-state index contributed by atoms with van der Waals surface area (Å²) in [5, 5.41) is 8.85. The number of alkyl halides is 3. The Morgan fingerprint density at radius 1 is 1.03 bits per heavy atom. The first-order valence-corrected chi connectivity index (χ1v) is 11.4. The van der Waals surface area contributed by atoms with Gasteiger partial charge in [0.05, 0.1) is 22.1 Å². The van der Waals surface area contributed by atoms with Crippen molar-refractivity contribution in [2.24, 2.45) is 0 Å². The molecule has 6 nitrogen and oxygen atoms in total. The van der Waals surface area contributed by atoms with Gasteiger partial charge in [0.25, 0.3) is 0 Å². The van der Waals surface area contributed by atoms with E-state index in [9.17, 15) is 26.4 Å². The molecule has 1 aliphatic rings. The molecule has 1 unspecified atom stereocenters. The molecule has 3 rings (SSSR count). The van der Waals surface area contributed by atoms with E-state index in [0.717, 1.165) is 12.1 Å². The van der Waals surface area contributed by atoms with Crippen molar-refractivity contribution in [2.45, 2.75) is 30.3 Å². The van der Waals surface area contributed by atoms with Crippen molar-refractivity contribution < 1.29 is 26.4 Å². The second-order valence-electron chi connectivity index (χ2n) is 7.65. The number of rotatable bonds is 5. The van der Waals surface area contributed by atoms with Gasteiger partial charge in [-0.2, -0.15) is 22.7 Å². The highest BCUT2D eigenvalue weighted by atomic mass is 32.2. The van der Waals surface area contributed by atoms with Gasteiger partial charge < -0.3 is 4.90 Å². The zero-order valence-electron chi connectivity index (χ0n) is 17.3. The molecule has 0 bridgehead atoms. The Labute approximate surface area is 184 Å². The van der Waals surface area contributed by atoms with Crippen molar-refractivity contribution in [1.29, 1.82) is 5.26 Å². The molecule has 1 aliphatic heterocycles. The van der Waals surface area contributed by atoms with E-state index in [1.165, 1.54) is 40.7 Å². The van der Waals surface area contributed by atoms with E-state index in [1.54, 1.807) is 11.8 Å². The van der Waals surface area contributed by atoms with Gasteiger partial charge in [-0.25, -0.2) is 8.42 Å². The Balaban J connectivity index is 1.57. The first-order chi connectivity index (χ1) is 15.0. The summed E-state index contributed by atoms with van der Waals surface area (Å²) in [4.78, 5) is 14.3. The molecule has 0 aromatic heterocycles. The summed E-state index contributed by atoms with van der Waals surface area (Å²) in [6.45, 7) is 2.51. The van der Waals surface area contributed by atoms with Crippen molar-refractivity contribution in [1.82, 2.24) is 9.21 Å². The molecule has 10 heteroatoms. The molecule has 1 amide bonds. The van der Waals surface area contributed by atoms with Crippen LogP contribution in [0.2, 0.25) is 0 Å². The van der Waals surface area contributed by atoms with Crippen molar-refractivity contribution in [3.8, 4) is 6.07 Å². The predicted octanol–water partition coefficient (Wildman–Crippen LogP) is 3.60. The van der Waals surface area contributed by atoms with Crippen molar-refractivity contribution in [3.63, 3.8) is 0 Å². The number of sulfonamides is 1. The number of nitrogens with zero attached hydrogens (tertiary/aromatic N) is 3. The largest absolute Gasteiger partial charge is 0.416 e. The van der Waals surface area contributed by atoms with E-state index >= 15 is 0 Å². The normalized spacial score (nSPS) is 16.4. The van der Waals surface area contributed by atoms with Crippen molar-refractivity contribution >= 4 is 15.9 Å². The van der Waals surface area contributed by atoms with Crippen LogP contribution < -0.4 is 0 Å². The van der Waals surface area contributed by atoms with Crippen LogP contribution in [0, 0.1) is 11.3 Å². The first kappa shape index (κ1) is 23.8. The summed E-state index contributed by atoms with van der Waals surface area (Å²) >= 11 is 0. The number of nitriles is 1. The standard InChI is InChI=1S/C22H22F3N3O3S/c1-16(18-4-6-19(7-5-18)22(23,24)25)14-21(29)27-10-12-28(13-11-27)32(30,31)20-8-2-17(15-26)3-9-20/h2-9,16H,10-14H2,1H3. The summed E-state index contributed by atoms with van der Waals surface area (Å²) in [7, 11) is -3.72. The third-order valence-corrected chi connectivity index (χ3v) is 7.41. The van der Waals surface area contributed by atoms with Gasteiger partial charge in [-0.1, -0.05) is 19.1 Å². The maximum Gasteiger partial charge on any atom is 0.416 e. The van der Waals surface area contributed by atoms with Crippen molar-refractivity contribution in [2.75, 3.05) is 26.2 Å². The molecule has 1 fully saturated rings. The number of hydrogen-bond donors (Lipinski definition) is 0. The van der Waals surface area contributed by atoms with Crippen LogP contribution in [0.5, 0.6) is 0 Å². The van der Waals surface area contributed by atoms with Gasteiger partial charge >= 0.3 is 6.18 Å². The molecule has 1 atom stereocenters. The van der Waals surface area contributed by atoms with Crippen LogP contribution in [0.1, 0.15) is 36.0 Å². The second-order valence-corrected chi connectivity index (χ2v) is 9.58. The topological polar surface area (TPSA) is 81.5 Å². The zero-order chi connectivity index (χ0) is 23.5. The third-order valence-electron chi connectivity index (χ3n) is 5.50. The fourth-order valence-corrected chi connectivity index (χ4v) is 4.96. The molecule has 0 spiro atoms. The molecule has 32 heavy (non-hydrogen) atoms. The van der Waals surface area contributed by atoms with Gasteiger partial charge in [0.2, 0.25) is 15.9 Å². The quantitative estimate of drug-likeness (QED) is 0.676. The lowest BCUT2D eigenvalue weighted by atomic mass is 9.96. The Morgan fingerprint density at radius 3 is 2.09 bits per heavy atom. The van der Waals surface area contributed by atoms with Crippen LogP contribution in [0.15, 0.2) is 53.4 Å². The van der Waals surface area contributed by atoms with E-state index in [-0.39, 0.29) is 49.3 Å². The first-order valence-electron chi connectivity index (χ1n) is 9.97. The number of benzene rings is 2. The van der Waals surface area contributed by atoms with Crippen LogP contribution in [0.3, 0.4) is 0 Å². The lowest BCUT2D eigenvalue weighted by Gasteiger charge is -2.34. The van der Waals surface area contributed by atoms with Crippen LogP contribution in [-0.4, -0.2) is 49.7 Å². The molecule has 170 valence electrons. The molecular formula is C22H22F3N3O3S. The van der Waals surface area contributed by atoms with Gasteiger partial charge in [-0.15, -0.1) is 0 Å². The van der Waals surface area contributed by atoms with Gasteiger partial charge in [0.15, 0.2) is 0 Å². The Bertz CT molecular complexity index is 1100. The molecule has 2 aromatic rings. The van der Waals surface area contributed by atoms with Gasteiger partial charge in [0.1, 0.15) is 0 Å². The number of hydrogen-bond acceptors (Lipinski definition) is 4. The fraction of sp³-hybridized carbons (Fsp3) is 0.364. The van der Waals surface area contributed by atoms with Gasteiger partial charge in [0, 0.05) is 32.6 Å². The highest BCUT2D eigenvalue weighted by Gasteiger charge is 2.32. The summed E-state index contributed by atoms with van der Waals surface area (Å²) in [5.41, 5.74) is 0.259. The van der Waals surface area contributed by atoms with Crippen LogP contribution in [0.4, 0.5) is 13.2 Å². The Kier molecular flexibility index (Phi) is 6.91. The van der Waals surface area contributed by atoms with E-state index in [2.05, 4.69) is 0 Å². The highest BCUT2D eigenvalue weighted by molar-refractivity contribution is 7.89. The van der Waals surface area contributed by atoms with E-state index in [4.69, 9.17) is 5.26 Å². The number of amides is 1. The highest BCUT2D eigenvalue weighted by Crippen LogP contribution is 2.31. The van der Waals surface area contributed by atoms with Crippen LogP contribution in [-0.2, 0) is 21.0 Å². The summed E-state index contributed by atoms with van der Waals surface area (Å²) in [5.74, 6) is -0.446. The SMILES string of the molecule is CC(CC(=O)N1CCN(S(=O)(=O)c2ccc(C#N)cc2)CC1)c1ccc(C(F)(F)F)cc1. The van der Waals surface area contributed by atoms with E-state index in [1.807, 2.05) is 6.07 Å². The zero-order valence-corrected chi connectivity index (χ0v) is 18.2. The van der Waals surface area contributed by atoms with E-state index < -0.39 is 21.8 Å². The number of piperazine rings is 1. The lowest BCUT2D eigenvalue weighted by molar-refractivity contribution is -0.137. The van der Waals surface area contributed by atoms with Crippen LogP contribution in [0.25, 0.3) is 0 Å². The molecule has 0 aliphatic carbocycles. The lowest BCUT2D eigenvalue weighted by Crippen LogP contribution is -2.50. The number of carbonyl (C=O) groups excluding carboxylic acids is 1. The molecule has 1 saturated heterocycles. The minimum Gasteiger partial charge on any atom is -0.340 e. The smallest absolute Gasteiger partial charge is 0.340 e. The predicted molar refractivity (Wildman–Crippen MR) is 111 cm³/mol. The molecule has 1 heterocycles. The number of carbonyl (C=O) groups is 1.